The molecule has 0 saturated heterocycles. The Morgan fingerprint density at radius 3 is 2.40 bits per heavy atom. The highest BCUT2D eigenvalue weighted by Crippen LogP contribution is 2.44. The average Bonchev–Trinajstić information content (AvgIpc) is 3.60. The van der Waals surface area contributed by atoms with E-state index in [1.165, 1.54) is 48.3 Å². The number of aromatic carboxylic acids is 1. The summed E-state index contributed by atoms with van der Waals surface area (Å²) in [6, 6.07) is 4.22. The molecule has 1 amide bonds. The monoisotopic (exact) mass is 610 g/mol. The van der Waals surface area contributed by atoms with Gasteiger partial charge >= 0.3 is 12.1 Å². The van der Waals surface area contributed by atoms with Gasteiger partial charge in [0.15, 0.2) is 5.06 Å². The van der Waals surface area contributed by atoms with Gasteiger partial charge in [0.2, 0.25) is 5.91 Å². The van der Waals surface area contributed by atoms with Crippen molar-refractivity contribution >= 4 is 28.9 Å². The fourth-order valence-electron chi connectivity index (χ4n) is 5.10. The lowest BCUT2D eigenvalue weighted by Crippen LogP contribution is -2.49. The van der Waals surface area contributed by atoms with Crippen molar-refractivity contribution in [3.63, 3.8) is 0 Å². The second-order valence-electron chi connectivity index (χ2n) is 10.3. The Balaban J connectivity index is 1.71. The number of carboxylic acids is 1. The van der Waals surface area contributed by atoms with Crippen LogP contribution in [-0.2, 0) is 27.0 Å². The first-order valence-corrected chi connectivity index (χ1v) is 14.2. The van der Waals surface area contributed by atoms with Gasteiger partial charge in [-0.25, -0.2) is 9.48 Å². The molecule has 1 aromatic carbocycles. The Labute approximate surface area is 245 Å². The van der Waals surface area contributed by atoms with Gasteiger partial charge in [-0.15, -0.1) is 16.4 Å². The van der Waals surface area contributed by atoms with E-state index in [1.807, 2.05) is 0 Å². The molecule has 10 nitrogen and oxygen atoms in total. The molecule has 1 aliphatic carbocycles. The van der Waals surface area contributed by atoms with Gasteiger partial charge in [-0.1, -0.05) is 12.1 Å². The minimum atomic E-state index is -4.71. The van der Waals surface area contributed by atoms with Gasteiger partial charge in [0.05, 0.1) is 43.2 Å². The van der Waals surface area contributed by atoms with Crippen LogP contribution in [0.2, 0.25) is 0 Å². The Morgan fingerprint density at radius 1 is 1.14 bits per heavy atom. The van der Waals surface area contributed by atoms with Crippen LogP contribution in [0.1, 0.15) is 53.4 Å². The lowest BCUT2D eigenvalue weighted by molar-refractivity contribution is -0.138. The molecule has 0 unspecified atom stereocenters. The molecule has 0 radical (unpaired) electrons. The quantitative estimate of drug-likeness (QED) is 0.277. The number of hydrogen-bond acceptors (Lipinski definition) is 8. The number of benzene rings is 1. The van der Waals surface area contributed by atoms with Crippen LogP contribution in [0.25, 0.3) is 0 Å². The minimum Gasteiger partial charge on any atom is -0.478 e. The second kappa shape index (κ2) is 13.7. The Morgan fingerprint density at radius 2 is 1.83 bits per heavy atom. The fraction of sp³-hybridized carbons (Fsp3) is 0.500. The molecule has 0 spiro atoms. The number of hydrogen-bond donors (Lipinski definition) is 1. The molecule has 1 aliphatic rings. The number of aromatic nitrogens is 3. The van der Waals surface area contributed by atoms with Crippen LogP contribution in [0.4, 0.5) is 18.9 Å². The second-order valence-corrected chi connectivity index (χ2v) is 11.4. The number of anilines is 1. The molecule has 1 saturated carbocycles. The van der Waals surface area contributed by atoms with E-state index in [0.717, 1.165) is 36.3 Å². The SMILES string of the molecule is COCC(COC)N(c1ccc(Oc2sc(Cn3ccnn3)cc2C(F)(F)F)cc1C(=O)O)C(=O)[C@H]1CC[C@H](C)CC1. The Hall–Kier alpha value is -3.49. The van der Waals surface area contributed by atoms with Gasteiger partial charge in [0.25, 0.3) is 0 Å². The highest BCUT2D eigenvalue weighted by molar-refractivity contribution is 7.14. The molecular weight excluding hydrogens is 577 g/mol. The van der Waals surface area contributed by atoms with Crippen LogP contribution < -0.4 is 9.64 Å². The highest BCUT2D eigenvalue weighted by Gasteiger charge is 2.38. The van der Waals surface area contributed by atoms with Gasteiger partial charge in [0.1, 0.15) is 11.3 Å². The maximum Gasteiger partial charge on any atom is 0.420 e. The average molecular weight is 611 g/mol. The summed E-state index contributed by atoms with van der Waals surface area (Å²) in [4.78, 5) is 28.1. The number of thiophene rings is 1. The summed E-state index contributed by atoms with van der Waals surface area (Å²) >= 11 is 0.770. The molecule has 3 aromatic rings. The molecule has 4 rings (SSSR count). The van der Waals surface area contributed by atoms with Crippen LogP contribution >= 0.6 is 11.3 Å². The van der Waals surface area contributed by atoms with E-state index in [0.29, 0.717) is 23.6 Å². The molecular formula is C28H33F3N4O6S. The summed E-state index contributed by atoms with van der Waals surface area (Å²) in [7, 11) is 2.94. The first kappa shape index (κ1) is 31.4. The van der Waals surface area contributed by atoms with Crippen molar-refractivity contribution in [3.8, 4) is 10.8 Å². The third-order valence-corrected chi connectivity index (χ3v) is 8.20. The zero-order chi connectivity index (χ0) is 30.4. The summed E-state index contributed by atoms with van der Waals surface area (Å²) in [6.45, 7) is 2.35. The third-order valence-electron chi connectivity index (χ3n) is 7.20. The fourth-order valence-corrected chi connectivity index (χ4v) is 6.13. The van der Waals surface area contributed by atoms with E-state index in [-0.39, 0.29) is 48.6 Å². The van der Waals surface area contributed by atoms with Crippen LogP contribution in [0, 0.1) is 11.8 Å². The van der Waals surface area contributed by atoms with E-state index in [1.54, 1.807) is 0 Å². The van der Waals surface area contributed by atoms with Crippen molar-refractivity contribution in [1.29, 1.82) is 0 Å². The molecule has 0 bridgehead atoms. The van der Waals surface area contributed by atoms with Crippen molar-refractivity contribution in [2.24, 2.45) is 11.8 Å². The van der Waals surface area contributed by atoms with Crippen LogP contribution in [0.5, 0.6) is 10.8 Å². The number of methoxy groups -OCH3 is 2. The van der Waals surface area contributed by atoms with Crippen molar-refractivity contribution in [2.45, 2.75) is 51.4 Å². The molecule has 0 aliphatic heterocycles. The largest absolute Gasteiger partial charge is 0.478 e. The molecule has 2 heterocycles. The zero-order valence-corrected chi connectivity index (χ0v) is 24.3. The predicted molar refractivity (Wildman–Crippen MR) is 148 cm³/mol. The summed E-state index contributed by atoms with van der Waals surface area (Å²) in [5, 5.41) is 17.2. The molecule has 2 aromatic heterocycles. The lowest BCUT2D eigenvalue weighted by Gasteiger charge is -2.36. The molecule has 1 fully saturated rings. The molecule has 1 N–H and O–H groups in total. The number of alkyl halides is 3. The van der Waals surface area contributed by atoms with Crippen LogP contribution in [0.3, 0.4) is 0 Å². The lowest BCUT2D eigenvalue weighted by atomic mass is 9.82. The predicted octanol–water partition coefficient (Wildman–Crippen LogP) is 5.72. The van der Waals surface area contributed by atoms with Crippen molar-refractivity contribution < 1.29 is 42.1 Å². The van der Waals surface area contributed by atoms with Crippen molar-refractivity contribution in [3.05, 3.63) is 52.7 Å². The number of amides is 1. The summed E-state index contributed by atoms with van der Waals surface area (Å²) in [6.07, 6.45) is 1.32. The highest BCUT2D eigenvalue weighted by atomic mass is 32.1. The summed E-state index contributed by atoms with van der Waals surface area (Å²) in [5.41, 5.74) is -1.20. The topological polar surface area (TPSA) is 116 Å². The third kappa shape index (κ3) is 7.47. The van der Waals surface area contributed by atoms with Crippen molar-refractivity contribution in [1.82, 2.24) is 15.0 Å². The van der Waals surface area contributed by atoms with Gasteiger partial charge in [-0.05, 0) is 55.9 Å². The number of halogens is 3. The smallest absolute Gasteiger partial charge is 0.420 e. The zero-order valence-electron chi connectivity index (χ0n) is 23.5. The molecule has 14 heteroatoms. The Kier molecular flexibility index (Phi) is 10.2. The van der Waals surface area contributed by atoms with Gasteiger partial charge in [-0.2, -0.15) is 13.2 Å². The number of carbonyl (C=O) groups excluding carboxylic acids is 1. The minimum absolute atomic E-state index is 0.0494. The maximum atomic E-state index is 13.9. The van der Waals surface area contributed by atoms with Gasteiger partial charge in [-0.3, -0.25) is 4.79 Å². The number of carbonyl (C=O) groups is 2. The first-order valence-electron chi connectivity index (χ1n) is 13.4. The number of carboxylic acid groups (broad SMARTS) is 1. The molecule has 0 atom stereocenters. The van der Waals surface area contributed by atoms with E-state index >= 15 is 0 Å². The van der Waals surface area contributed by atoms with Crippen LogP contribution in [-0.4, -0.2) is 65.5 Å². The number of nitrogens with zero attached hydrogens (tertiary/aromatic N) is 4. The number of rotatable bonds is 12. The first-order chi connectivity index (χ1) is 20.0. The maximum absolute atomic E-state index is 13.9. The normalized spacial score (nSPS) is 17.4. The van der Waals surface area contributed by atoms with E-state index in [4.69, 9.17) is 14.2 Å². The summed E-state index contributed by atoms with van der Waals surface area (Å²) in [5.74, 6) is -1.54. The summed E-state index contributed by atoms with van der Waals surface area (Å²) < 4.78 is 59.3. The molecule has 228 valence electrons. The van der Waals surface area contributed by atoms with Gasteiger partial charge in [0, 0.05) is 31.2 Å². The van der Waals surface area contributed by atoms with E-state index in [9.17, 15) is 27.9 Å². The van der Waals surface area contributed by atoms with Gasteiger partial charge < -0.3 is 24.2 Å². The standard InChI is InChI=1S/C28H33F3N4O6S/c1-17-4-6-18(7-5-17)25(36)35(19(15-39-2)16-40-3)24-9-8-20(12-22(24)26(37)38)41-27-23(28(29,30)31)13-21(42-27)14-34-11-10-32-33-34/h8-13,17-19H,4-7,14-16H2,1-3H3,(H,37,38)/t17-,18-. The van der Waals surface area contributed by atoms with E-state index in [2.05, 4.69) is 17.2 Å². The van der Waals surface area contributed by atoms with Crippen molar-refractivity contribution in [2.75, 3.05) is 32.3 Å². The van der Waals surface area contributed by atoms with E-state index < -0.39 is 28.8 Å². The Bertz CT molecular complexity index is 1350. The van der Waals surface area contributed by atoms with Crippen LogP contribution in [0.15, 0.2) is 36.7 Å². The molecule has 42 heavy (non-hydrogen) atoms. The number of ether oxygens (including phenoxy) is 3.